The molecular weight excluding hydrogens is 310 g/mol. The molecule has 0 aliphatic carbocycles. The number of anilines is 3. The minimum absolute atomic E-state index is 0.0840. The number of hydrogen-bond acceptors (Lipinski definition) is 7. The van der Waals surface area contributed by atoms with E-state index >= 15 is 0 Å². The first kappa shape index (κ1) is 17.2. The zero-order chi connectivity index (χ0) is 17.5. The summed E-state index contributed by atoms with van der Waals surface area (Å²) in [5.41, 5.74) is 0.906. The van der Waals surface area contributed by atoms with E-state index in [1.807, 2.05) is 13.0 Å². The minimum atomic E-state index is -0.524. The summed E-state index contributed by atoms with van der Waals surface area (Å²) in [6.07, 6.45) is 0.0768. The summed E-state index contributed by atoms with van der Waals surface area (Å²) >= 11 is 0. The smallest absolute Gasteiger partial charge is 0.311 e. The highest BCUT2D eigenvalue weighted by atomic mass is 16.6. The van der Waals surface area contributed by atoms with E-state index in [2.05, 4.69) is 15.6 Å². The number of rotatable bonds is 7. The topological polar surface area (TPSA) is 124 Å². The number of nitro groups is 1. The second-order valence-electron chi connectivity index (χ2n) is 5.08. The number of aromatic nitrogens is 1. The van der Waals surface area contributed by atoms with Crippen molar-refractivity contribution in [1.82, 2.24) is 4.98 Å². The van der Waals surface area contributed by atoms with Crippen molar-refractivity contribution in [3.8, 4) is 6.07 Å². The van der Waals surface area contributed by atoms with Crippen molar-refractivity contribution in [2.45, 2.75) is 19.4 Å². The third-order valence-electron chi connectivity index (χ3n) is 3.34. The Morgan fingerprint density at radius 1 is 1.33 bits per heavy atom. The highest BCUT2D eigenvalue weighted by molar-refractivity contribution is 5.68. The van der Waals surface area contributed by atoms with Gasteiger partial charge in [-0.15, -0.1) is 0 Å². The van der Waals surface area contributed by atoms with Gasteiger partial charge in [0.25, 0.3) is 0 Å². The van der Waals surface area contributed by atoms with E-state index < -0.39 is 11.0 Å². The third-order valence-corrected chi connectivity index (χ3v) is 3.34. The van der Waals surface area contributed by atoms with Crippen LogP contribution in [0.1, 0.15) is 18.9 Å². The Labute approximate surface area is 138 Å². The van der Waals surface area contributed by atoms with Crippen LogP contribution in [0.3, 0.4) is 0 Å². The van der Waals surface area contributed by atoms with E-state index in [4.69, 9.17) is 5.26 Å². The normalized spacial score (nSPS) is 11.4. The number of nitrogens with one attached hydrogen (secondary N) is 2. The van der Waals surface area contributed by atoms with Gasteiger partial charge in [0.05, 0.1) is 22.7 Å². The molecule has 0 aliphatic rings. The number of aliphatic hydroxyl groups is 1. The van der Waals surface area contributed by atoms with Crippen molar-refractivity contribution in [2.75, 3.05) is 17.2 Å². The molecule has 0 bridgehead atoms. The predicted octanol–water partition coefficient (Wildman–Crippen LogP) is 2.79. The van der Waals surface area contributed by atoms with E-state index in [-0.39, 0.29) is 11.5 Å². The first-order chi connectivity index (χ1) is 11.5. The lowest BCUT2D eigenvalue weighted by molar-refractivity contribution is -0.384. The average molecular weight is 327 g/mol. The lowest BCUT2D eigenvalue weighted by Gasteiger charge is -2.12. The number of nitrogens with zero attached hydrogens (tertiary/aromatic N) is 3. The summed E-state index contributed by atoms with van der Waals surface area (Å²) in [6, 6.07) is 11.3. The molecule has 1 aromatic heterocycles. The van der Waals surface area contributed by atoms with E-state index in [0.29, 0.717) is 30.0 Å². The average Bonchev–Trinajstić information content (AvgIpc) is 2.60. The Morgan fingerprint density at radius 3 is 2.62 bits per heavy atom. The summed E-state index contributed by atoms with van der Waals surface area (Å²) in [4.78, 5) is 14.8. The van der Waals surface area contributed by atoms with Gasteiger partial charge in [-0.3, -0.25) is 10.1 Å². The summed E-state index contributed by atoms with van der Waals surface area (Å²) in [5.74, 6) is 0.505. The van der Waals surface area contributed by atoms with Crippen LogP contribution in [0.2, 0.25) is 0 Å². The van der Waals surface area contributed by atoms with E-state index in [1.54, 1.807) is 24.3 Å². The van der Waals surface area contributed by atoms with Gasteiger partial charge in [0, 0.05) is 18.3 Å². The van der Waals surface area contributed by atoms with Crippen LogP contribution in [0.15, 0.2) is 36.4 Å². The second kappa shape index (κ2) is 7.89. The molecule has 1 atom stereocenters. The Bertz CT molecular complexity index is 755. The lowest BCUT2D eigenvalue weighted by atomic mass is 10.2. The third kappa shape index (κ3) is 4.41. The summed E-state index contributed by atoms with van der Waals surface area (Å²) < 4.78 is 0. The van der Waals surface area contributed by atoms with Gasteiger partial charge in [0.15, 0.2) is 0 Å². The van der Waals surface area contributed by atoms with Crippen molar-refractivity contribution < 1.29 is 10.0 Å². The highest BCUT2D eigenvalue weighted by Crippen LogP contribution is 2.27. The Morgan fingerprint density at radius 2 is 2.04 bits per heavy atom. The number of pyridine rings is 1. The van der Waals surface area contributed by atoms with Crippen molar-refractivity contribution >= 4 is 23.0 Å². The highest BCUT2D eigenvalue weighted by Gasteiger charge is 2.16. The van der Waals surface area contributed by atoms with E-state index in [0.717, 1.165) is 0 Å². The maximum Gasteiger partial charge on any atom is 0.311 e. The van der Waals surface area contributed by atoms with E-state index in [9.17, 15) is 15.2 Å². The quantitative estimate of drug-likeness (QED) is 0.527. The van der Waals surface area contributed by atoms with Crippen molar-refractivity contribution in [1.29, 1.82) is 5.26 Å². The van der Waals surface area contributed by atoms with Gasteiger partial charge in [-0.25, -0.2) is 4.98 Å². The molecule has 0 aliphatic heterocycles. The van der Waals surface area contributed by atoms with Crippen LogP contribution in [0.4, 0.5) is 23.0 Å². The first-order valence-corrected chi connectivity index (χ1v) is 7.38. The molecule has 0 spiro atoms. The molecule has 0 amide bonds. The van der Waals surface area contributed by atoms with Gasteiger partial charge in [0.2, 0.25) is 5.82 Å². The van der Waals surface area contributed by atoms with Crippen LogP contribution >= 0.6 is 0 Å². The minimum Gasteiger partial charge on any atom is -0.391 e. The number of nitriles is 1. The Hall–Kier alpha value is -3.18. The molecule has 0 saturated heterocycles. The van der Waals surface area contributed by atoms with Crippen LogP contribution in [0.5, 0.6) is 0 Å². The van der Waals surface area contributed by atoms with Gasteiger partial charge in [0.1, 0.15) is 5.82 Å². The molecule has 2 aromatic rings. The standard InChI is InChI=1S/C16H17N5O3/c1-2-13(22)10-18-15-8-7-14(21(23)24)16(20-15)19-12-5-3-11(9-17)4-6-12/h3-8,13,22H,2,10H2,1H3,(H2,18,19,20). The molecule has 3 N–H and O–H groups in total. The van der Waals surface area contributed by atoms with Crippen LogP contribution in [0.25, 0.3) is 0 Å². The molecule has 0 fully saturated rings. The van der Waals surface area contributed by atoms with Gasteiger partial charge in [-0.1, -0.05) is 6.92 Å². The summed E-state index contributed by atoms with van der Waals surface area (Å²) in [6.45, 7) is 2.16. The van der Waals surface area contributed by atoms with Gasteiger partial charge < -0.3 is 15.7 Å². The van der Waals surface area contributed by atoms with Crippen LogP contribution in [-0.2, 0) is 0 Å². The van der Waals surface area contributed by atoms with Crippen molar-refractivity contribution in [2.24, 2.45) is 0 Å². The van der Waals surface area contributed by atoms with Crippen molar-refractivity contribution in [3.05, 3.63) is 52.1 Å². The lowest BCUT2D eigenvalue weighted by Crippen LogP contribution is -2.19. The molecule has 0 saturated carbocycles. The largest absolute Gasteiger partial charge is 0.391 e. The zero-order valence-electron chi connectivity index (χ0n) is 13.1. The number of hydrogen-bond donors (Lipinski definition) is 3. The summed E-state index contributed by atoms with van der Waals surface area (Å²) in [5, 5.41) is 35.4. The fourth-order valence-corrected chi connectivity index (χ4v) is 1.92. The van der Waals surface area contributed by atoms with Crippen LogP contribution in [-0.4, -0.2) is 27.7 Å². The molecule has 8 nitrogen and oxygen atoms in total. The van der Waals surface area contributed by atoms with Gasteiger partial charge >= 0.3 is 5.69 Å². The maximum absolute atomic E-state index is 11.2. The molecular formula is C16H17N5O3. The molecule has 1 heterocycles. The van der Waals surface area contributed by atoms with E-state index in [1.165, 1.54) is 12.1 Å². The Kier molecular flexibility index (Phi) is 5.65. The Balaban J connectivity index is 2.24. The number of aliphatic hydroxyl groups excluding tert-OH is 1. The van der Waals surface area contributed by atoms with Crippen molar-refractivity contribution in [3.63, 3.8) is 0 Å². The maximum atomic E-state index is 11.2. The molecule has 1 unspecified atom stereocenters. The first-order valence-electron chi connectivity index (χ1n) is 7.38. The van der Waals surface area contributed by atoms with Gasteiger partial charge in [-0.05, 0) is 36.8 Å². The predicted molar refractivity (Wildman–Crippen MR) is 90.1 cm³/mol. The van der Waals surface area contributed by atoms with Crippen LogP contribution in [0, 0.1) is 21.4 Å². The fourth-order valence-electron chi connectivity index (χ4n) is 1.92. The summed E-state index contributed by atoms with van der Waals surface area (Å²) in [7, 11) is 0. The van der Waals surface area contributed by atoms with Gasteiger partial charge in [-0.2, -0.15) is 5.26 Å². The molecule has 24 heavy (non-hydrogen) atoms. The molecule has 2 rings (SSSR count). The second-order valence-corrected chi connectivity index (χ2v) is 5.08. The van der Waals surface area contributed by atoms with Crippen LogP contribution < -0.4 is 10.6 Å². The molecule has 1 aromatic carbocycles. The molecule has 124 valence electrons. The monoisotopic (exact) mass is 327 g/mol. The fraction of sp³-hybridized carbons (Fsp3) is 0.250. The number of benzene rings is 1. The SMILES string of the molecule is CCC(O)CNc1ccc([N+](=O)[O-])c(Nc2ccc(C#N)cc2)n1. The zero-order valence-corrected chi connectivity index (χ0v) is 13.1. The molecule has 8 heteroatoms. The molecule has 0 radical (unpaired) electrons.